The predicted octanol–water partition coefficient (Wildman–Crippen LogP) is 6.15. The first-order valence-corrected chi connectivity index (χ1v) is 9.40. The Balaban J connectivity index is 1.57. The summed E-state index contributed by atoms with van der Waals surface area (Å²) in [7, 11) is 0. The Bertz CT molecular complexity index is 1320. The van der Waals surface area contributed by atoms with Gasteiger partial charge in [0.05, 0.1) is 17.2 Å². The maximum Gasteiger partial charge on any atom is 0.417 e. The summed E-state index contributed by atoms with van der Waals surface area (Å²) in [5, 5.41) is 15.6. The summed E-state index contributed by atoms with van der Waals surface area (Å²) in [6, 6.07) is 19.9. The number of alkyl halides is 3. The molecule has 0 spiro atoms. The third kappa shape index (κ3) is 4.23. The second-order valence-corrected chi connectivity index (χ2v) is 6.84. The number of nitrogens with zero attached hydrogens (tertiary/aromatic N) is 2. The van der Waals surface area contributed by atoms with E-state index in [-0.39, 0.29) is 16.8 Å². The van der Waals surface area contributed by atoms with Crippen molar-refractivity contribution in [1.29, 1.82) is 5.26 Å². The van der Waals surface area contributed by atoms with Crippen LogP contribution < -0.4 is 5.32 Å². The van der Waals surface area contributed by atoms with Crippen LogP contribution in [-0.2, 0) is 6.18 Å². The molecule has 5 nitrogen and oxygen atoms in total. The fraction of sp³-hybridized carbons (Fsp3) is 0.0417. The third-order valence-electron chi connectivity index (χ3n) is 4.77. The number of benzene rings is 3. The zero-order valence-corrected chi connectivity index (χ0v) is 16.4. The summed E-state index contributed by atoms with van der Waals surface area (Å²) >= 11 is 0. The summed E-state index contributed by atoms with van der Waals surface area (Å²) in [6.45, 7) is 0. The standard InChI is InChI=1S/C24H14F3N3O2/c25-24(26,27)21-7-2-1-6-19(21)16-8-10-18(11-9-16)29-23(31)20-14-32-30-22(20)17-5-3-4-15(12-17)13-28/h1-12,14H,(H,29,31). The van der Waals surface area contributed by atoms with E-state index < -0.39 is 17.6 Å². The zero-order chi connectivity index (χ0) is 22.7. The number of rotatable bonds is 4. The van der Waals surface area contributed by atoms with Gasteiger partial charge in [0.2, 0.25) is 0 Å². The van der Waals surface area contributed by atoms with Crippen LogP contribution in [0.3, 0.4) is 0 Å². The van der Waals surface area contributed by atoms with Crippen LogP contribution >= 0.6 is 0 Å². The van der Waals surface area contributed by atoms with E-state index in [2.05, 4.69) is 10.5 Å². The van der Waals surface area contributed by atoms with Crippen LogP contribution in [-0.4, -0.2) is 11.1 Å². The lowest BCUT2D eigenvalue weighted by Gasteiger charge is -2.13. The quantitative estimate of drug-likeness (QED) is 0.419. The van der Waals surface area contributed by atoms with Crippen LogP contribution in [0.15, 0.2) is 83.6 Å². The van der Waals surface area contributed by atoms with Gasteiger partial charge in [-0.3, -0.25) is 4.79 Å². The van der Waals surface area contributed by atoms with Crippen molar-refractivity contribution in [1.82, 2.24) is 5.16 Å². The van der Waals surface area contributed by atoms with Crippen molar-refractivity contribution >= 4 is 11.6 Å². The molecule has 0 aliphatic carbocycles. The molecule has 1 heterocycles. The van der Waals surface area contributed by atoms with Crippen molar-refractivity contribution in [2.75, 3.05) is 5.32 Å². The molecule has 8 heteroatoms. The molecular formula is C24H14F3N3O2. The molecule has 0 atom stereocenters. The maximum atomic E-state index is 13.3. The topological polar surface area (TPSA) is 78.9 Å². The maximum absolute atomic E-state index is 13.3. The van der Waals surface area contributed by atoms with Crippen molar-refractivity contribution in [3.63, 3.8) is 0 Å². The SMILES string of the molecule is N#Cc1cccc(-c2nocc2C(=O)Nc2ccc(-c3ccccc3C(F)(F)F)cc2)c1. The van der Waals surface area contributed by atoms with Crippen LogP contribution in [0, 0.1) is 11.3 Å². The molecule has 4 rings (SSSR count). The van der Waals surface area contributed by atoms with E-state index in [0.717, 1.165) is 6.07 Å². The number of hydrogen-bond acceptors (Lipinski definition) is 4. The number of hydrogen-bond donors (Lipinski definition) is 1. The van der Waals surface area contributed by atoms with E-state index in [9.17, 15) is 18.0 Å². The molecule has 1 amide bonds. The van der Waals surface area contributed by atoms with Gasteiger partial charge in [-0.25, -0.2) is 0 Å². The van der Waals surface area contributed by atoms with E-state index in [0.29, 0.717) is 22.4 Å². The molecule has 0 radical (unpaired) electrons. The van der Waals surface area contributed by atoms with Crippen LogP contribution in [0.4, 0.5) is 18.9 Å². The summed E-state index contributed by atoms with van der Waals surface area (Å²) in [5.41, 5.74) is 1.47. The molecule has 3 aromatic carbocycles. The largest absolute Gasteiger partial charge is 0.417 e. The normalized spacial score (nSPS) is 11.1. The molecule has 0 aliphatic rings. The van der Waals surface area contributed by atoms with E-state index in [1.54, 1.807) is 24.3 Å². The van der Waals surface area contributed by atoms with Gasteiger partial charge in [-0.15, -0.1) is 0 Å². The number of amides is 1. The minimum Gasteiger partial charge on any atom is -0.363 e. The third-order valence-corrected chi connectivity index (χ3v) is 4.77. The molecule has 1 aromatic heterocycles. The highest BCUT2D eigenvalue weighted by atomic mass is 19.4. The number of nitrogens with one attached hydrogen (secondary N) is 1. The first-order chi connectivity index (χ1) is 15.4. The molecular weight excluding hydrogens is 419 g/mol. The highest BCUT2D eigenvalue weighted by molar-refractivity contribution is 6.07. The second-order valence-electron chi connectivity index (χ2n) is 6.84. The molecule has 0 unspecified atom stereocenters. The molecule has 1 N–H and O–H groups in total. The van der Waals surface area contributed by atoms with Crippen LogP contribution in [0.25, 0.3) is 22.4 Å². The Morgan fingerprint density at radius 2 is 1.72 bits per heavy atom. The molecule has 0 bridgehead atoms. The lowest BCUT2D eigenvalue weighted by atomic mass is 9.99. The Labute approximate surface area is 180 Å². The van der Waals surface area contributed by atoms with Gasteiger partial charge >= 0.3 is 6.18 Å². The van der Waals surface area contributed by atoms with Crippen LogP contribution in [0.5, 0.6) is 0 Å². The number of nitriles is 1. The van der Waals surface area contributed by atoms with E-state index in [1.807, 2.05) is 6.07 Å². The predicted molar refractivity (Wildman–Crippen MR) is 111 cm³/mol. The van der Waals surface area contributed by atoms with E-state index in [1.165, 1.54) is 48.7 Å². The number of halogens is 3. The highest BCUT2D eigenvalue weighted by Gasteiger charge is 2.33. The summed E-state index contributed by atoms with van der Waals surface area (Å²) in [5.74, 6) is -0.507. The highest BCUT2D eigenvalue weighted by Crippen LogP contribution is 2.37. The van der Waals surface area contributed by atoms with Crippen molar-refractivity contribution in [3.05, 3.63) is 95.7 Å². The Morgan fingerprint density at radius 1 is 0.969 bits per heavy atom. The Hall–Kier alpha value is -4.38. The number of anilines is 1. The van der Waals surface area contributed by atoms with Crippen molar-refractivity contribution in [2.24, 2.45) is 0 Å². The van der Waals surface area contributed by atoms with Crippen LogP contribution in [0.2, 0.25) is 0 Å². The molecule has 0 saturated carbocycles. The Morgan fingerprint density at radius 3 is 2.44 bits per heavy atom. The fourth-order valence-corrected chi connectivity index (χ4v) is 3.26. The zero-order valence-electron chi connectivity index (χ0n) is 16.4. The van der Waals surface area contributed by atoms with Gasteiger partial charge in [0.15, 0.2) is 0 Å². The van der Waals surface area contributed by atoms with Crippen molar-refractivity contribution < 1.29 is 22.5 Å². The fourth-order valence-electron chi connectivity index (χ4n) is 3.26. The van der Waals surface area contributed by atoms with Crippen molar-refractivity contribution in [2.45, 2.75) is 6.18 Å². The van der Waals surface area contributed by atoms with Gasteiger partial charge in [-0.05, 0) is 41.5 Å². The minimum atomic E-state index is -4.48. The van der Waals surface area contributed by atoms with Gasteiger partial charge in [0.1, 0.15) is 17.5 Å². The average Bonchev–Trinajstić information content (AvgIpc) is 3.29. The molecule has 32 heavy (non-hydrogen) atoms. The Kier molecular flexibility index (Phi) is 5.48. The van der Waals surface area contributed by atoms with Gasteiger partial charge in [-0.1, -0.05) is 47.6 Å². The lowest BCUT2D eigenvalue weighted by Crippen LogP contribution is -2.12. The van der Waals surface area contributed by atoms with Crippen molar-refractivity contribution in [3.8, 4) is 28.5 Å². The summed E-state index contributed by atoms with van der Waals surface area (Å²) < 4.78 is 44.8. The van der Waals surface area contributed by atoms with Gasteiger partial charge in [0, 0.05) is 11.3 Å². The lowest BCUT2D eigenvalue weighted by molar-refractivity contribution is -0.137. The average molecular weight is 433 g/mol. The first-order valence-electron chi connectivity index (χ1n) is 9.40. The van der Waals surface area contributed by atoms with Gasteiger partial charge in [-0.2, -0.15) is 18.4 Å². The second kappa shape index (κ2) is 8.40. The molecule has 4 aromatic rings. The summed E-state index contributed by atoms with van der Waals surface area (Å²) in [4.78, 5) is 12.7. The number of carbonyl (C=O) groups excluding carboxylic acids is 1. The molecule has 0 fully saturated rings. The number of aromatic nitrogens is 1. The van der Waals surface area contributed by atoms with Gasteiger partial charge < -0.3 is 9.84 Å². The first kappa shape index (κ1) is 20.9. The van der Waals surface area contributed by atoms with E-state index in [4.69, 9.17) is 9.78 Å². The minimum absolute atomic E-state index is 0.0524. The molecule has 158 valence electrons. The number of carbonyl (C=O) groups is 1. The van der Waals surface area contributed by atoms with E-state index >= 15 is 0 Å². The molecule has 0 saturated heterocycles. The molecule has 0 aliphatic heterocycles. The monoisotopic (exact) mass is 433 g/mol. The smallest absolute Gasteiger partial charge is 0.363 e. The summed E-state index contributed by atoms with van der Waals surface area (Å²) in [6.07, 6.45) is -3.28. The van der Waals surface area contributed by atoms with Crippen LogP contribution in [0.1, 0.15) is 21.5 Å². The van der Waals surface area contributed by atoms with Gasteiger partial charge in [0.25, 0.3) is 5.91 Å².